The number of rotatable bonds is 3. The van der Waals surface area contributed by atoms with E-state index in [1.54, 1.807) is 7.11 Å². The zero-order valence-electron chi connectivity index (χ0n) is 14.6. The summed E-state index contributed by atoms with van der Waals surface area (Å²) in [6.07, 6.45) is 2.31. The maximum absolute atomic E-state index is 12.6. The average Bonchev–Trinajstić information content (AvgIpc) is 3.15. The molecule has 1 aromatic heterocycles. The number of thiazole rings is 1. The van der Waals surface area contributed by atoms with Gasteiger partial charge in [-0.25, -0.2) is 8.42 Å². The zero-order valence-corrected chi connectivity index (χ0v) is 16.3. The molecule has 3 rings (SSSR count). The summed E-state index contributed by atoms with van der Waals surface area (Å²) in [7, 11) is 0.0206. The lowest BCUT2D eigenvalue weighted by atomic mass is 10.2. The minimum Gasteiger partial charge on any atom is -0.495 e. The van der Waals surface area contributed by atoms with Gasteiger partial charge < -0.3 is 9.30 Å². The van der Waals surface area contributed by atoms with Crippen LogP contribution in [0.1, 0.15) is 18.4 Å². The Bertz CT molecular complexity index is 1000. The van der Waals surface area contributed by atoms with Gasteiger partial charge >= 0.3 is 0 Å². The molecule has 0 radical (unpaired) electrons. The number of carbonyl (C=O) groups is 1. The van der Waals surface area contributed by atoms with Crippen LogP contribution >= 0.6 is 11.3 Å². The third-order valence-electron chi connectivity index (χ3n) is 4.45. The smallest absolute Gasteiger partial charge is 0.266 e. The third-order valence-corrected chi connectivity index (χ3v) is 7.00. The Morgan fingerprint density at radius 1 is 1.40 bits per heavy atom. The van der Waals surface area contributed by atoms with Gasteiger partial charge in [-0.15, -0.1) is 0 Å². The molecule has 2 aromatic rings. The molecular formula is C16H21N3O4S2. The average molecular weight is 383 g/mol. The van der Waals surface area contributed by atoms with E-state index in [9.17, 15) is 13.2 Å². The van der Waals surface area contributed by atoms with Gasteiger partial charge in [0.15, 0.2) is 4.80 Å². The van der Waals surface area contributed by atoms with E-state index in [4.69, 9.17) is 4.74 Å². The molecule has 0 saturated carbocycles. The Labute approximate surface area is 150 Å². The van der Waals surface area contributed by atoms with Crippen LogP contribution in [-0.4, -0.2) is 49.1 Å². The van der Waals surface area contributed by atoms with Crippen molar-refractivity contribution in [2.75, 3.05) is 19.9 Å². The molecule has 1 saturated heterocycles. The van der Waals surface area contributed by atoms with Gasteiger partial charge in [0.2, 0.25) is 10.0 Å². The molecule has 9 heteroatoms. The highest BCUT2D eigenvalue weighted by atomic mass is 32.2. The summed E-state index contributed by atoms with van der Waals surface area (Å²) < 4.78 is 33.2. The topological polar surface area (TPSA) is 81.0 Å². The second-order valence-electron chi connectivity index (χ2n) is 6.19. The zero-order chi connectivity index (χ0) is 18.4. The molecule has 1 aliphatic heterocycles. The first-order chi connectivity index (χ1) is 11.7. The van der Waals surface area contributed by atoms with Crippen molar-refractivity contribution in [1.82, 2.24) is 8.87 Å². The van der Waals surface area contributed by atoms with Gasteiger partial charge in [0, 0.05) is 13.6 Å². The van der Waals surface area contributed by atoms with Gasteiger partial charge in [-0.1, -0.05) is 17.4 Å². The number of aromatic nitrogens is 1. The van der Waals surface area contributed by atoms with E-state index in [1.807, 2.05) is 30.7 Å². The molecule has 0 N–H and O–H groups in total. The highest BCUT2D eigenvalue weighted by Crippen LogP contribution is 2.29. The Morgan fingerprint density at radius 3 is 2.76 bits per heavy atom. The first-order valence-corrected chi connectivity index (χ1v) is 10.6. The molecular weight excluding hydrogens is 362 g/mol. The van der Waals surface area contributed by atoms with Crippen molar-refractivity contribution < 1.29 is 17.9 Å². The Balaban J connectivity index is 2.09. The number of nitrogens with zero attached hydrogens (tertiary/aromatic N) is 3. The Kier molecular flexibility index (Phi) is 4.74. The lowest BCUT2D eigenvalue weighted by Gasteiger charge is -2.18. The number of sulfonamides is 1. The van der Waals surface area contributed by atoms with Crippen LogP contribution in [0.5, 0.6) is 5.75 Å². The van der Waals surface area contributed by atoms with Gasteiger partial charge in [0.25, 0.3) is 5.91 Å². The minimum absolute atomic E-state index is 0.371. The highest BCUT2D eigenvalue weighted by molar-refractivity contribution is 7.88. The van der Waals surface area contributed by atoms with Crippen LogP contribution < -0.4 is 9.54 Å². The van der Waals surface area contributed by atoms with Crippen LogP contribution in [0, 0.1) is 6.92 Å². The van der Waals surface area contributed by atoms with Gasteiger partial charge in [-0.05, 0) is 31.4 Å². The molecule has 0 bridgehead atoms. The molecule has 7 nitrogen and oxygen atoms in total. The van der Waals surface area contributed by atoms with Gasteiger partial charge in [-0.3, -0.25) is 4.79 Å². The molecule has 1 aromatic carbocycles. The number of methoxy groups -OCH3 is 1. The van der Waals surface area contributed by atoms with Crippen molar-refractivity contribution >= 4 is 37.5 Å². The molecule has 0 aliphatic carbocycles. The fourth-order valence-electron chi connectivity index (χ4n) is 3.17. The van der Waals surface area contributed by atoms with E-state index < -0.39 is 22.0 Å². The van der Waals surface area contributed by atoms with Crippen molar-refractivity contribution in [1.29, 1.82) is 0 Å². The third kappa shape index (κ3) is 3.23. The predicted molar refractivity (Wildman–Crippen MR) is 97.2 cm³/mol. The summed E-state index contributed by atoms with van der Waals surface area (Å²) in [4.78, 5) is 17.4. The number of hydrogen-bond donors (Lipinski definition) is 0. The Morgan fingerprint density at radius 2 is 2.12 bits per heavy atom. The van der Waals surface area contributed by atoms with Crippen molar-refractivity contribution in [2.24, 2.45) is 12.0 Å². The van der Waals surface area contributed by atoms with E-state index in [0.717, 1.165) is 22.0 Å². The molecule has 0 spiro atoms. The number of benzene rings is 1. The fourth-order valence-corrected chi connectivity index (χ4v) is 5.40. The number of carbonyl (C=O) groups excluding carboxylic acids is 1. The maximum Gasteiger partial charge on any atom is 0.266 e. The van der Waals surface area contributed by atoms with Crippen LogP contribution in [0.3, 0.4) is 0 Å². The maximum atomic E-state index is 12.6. The monoisotopic (exact) mass is 383 g/mol. The summed E-state index contributed by atoms with van der Waals surface area (Å²) in [6.45, 7) is 2.36. The van der Waals surface area contributed by atoms with Crippen LogP contribution in [0.25, 0.3) is 10.2 Å². The number of hydrogen-bond acceptors (Lipinski definition) is 5. The first kappa shape index (κ1) is 18.1. The second kappa shape index (κ2) is 6.54. The predicted octanol–water partition coefficient (Wildman–Crippen LogP) is 1.41. The van der Waals surface area contributed by atoms with E-state index in [0.29, 0.717) is 29.9 Å². The molecule has 136 valence electrons. The van der Waals surface area contributed by atoms with Crippen LogP contribution in [0.4, 0.5) is 0 Å². The standard InChI is InChI=1S/C16H21N3O4S2/c1-10-7-8-12(23-3)13-14(10)24-16(18(13)2)17-15(20)11-6-5-9-19(11)25(4,21)22/h7-8,11H,5-6,9H2,1-4H3. The minimum atomic E-state index is -3.41. The number of aryl methyl sites for hydroxylation is 2. The molecule has 1 atom stereocenters. The van der Waals surface area contributed by atoms with E-state index in [-0.39, 0.29) is 0 Å². The van der Waals surface area contributed by atoms with Crippen LogP contribution in [-0.2, 0) is 21.9 Å². The molecule has 1 amide bonds. The van der Waals surface area contributed by atoms with Crippen molar-refractivity contribution in [3.63, 3.8) is 0 Å². The molecule has 2 heterocycles. The Hall–Kier alpha value is -1.71. The number of ether oxygens (including phenoxy) is 1. The van der Waals surface area contributed by atoms with Crippen molar-refractivity contribution in [2.45, 2.75) is 25.8 Å². The van der Waals surface area contributed by atoms with Crippen molar-refractivity contribution in [3.05, 3.63) is 22.5 Å². The first-order valence-electron chi connectivity index (χ1n) is 7.92. The fraction of sp³-hybridized carbons (Fsp3) is 0.500. The quantitative estimate of drug-likeness (QED) is 0.803. The van der Waals surface area contributed by atoms with E-state index in [2.05, 4.69) is 4.99 Å². The normalized spacial score (nSPS) is 19.7. The van der Waals surface area contributed by atoms with E-state index in [1.165, 1.54) is 15.6 Å². The molecule has 1 fully saturated rings. The second-order valence-corrected chi connectivity index (χ2v) is 9.10. The molecule has 1 aliphatic rings. The van der Waals surface area contributed by atoms with Gasteiger partial charge in [-0.2, -0.15) is 9.30 Å². The SMILES string of the molecule is COc1ccc(C)c2sc(=NC(=O)C3CCCN3S(C)(=O)=O)n(C)c12. The largest absolute Gasteiger partial charge is 0.495 e. The summed E-state index contributed by atoms with van der Waals surface area (Å²) in [5, 5.41) is 0. The number of amides is 1. The molecule has 1 unspecified atom stereocenters. The highest BCUT2D eigenvalue weighted by Gasteiger charge is 2.36. The van der Waals surface area contributed by atoms with Crippen LogP contribution in [0.2, 0.25) is 0 Å². The van der Waals surface area contributed by atoms with Crippen LogP contribution in [0.15, 0.2) is 17.1 Å². The molecule has 25 heavy (non-hydrogen) atoms. The summed E-state index contributed by atoms with van der Waals surface area (Å²) in [6, 6.07) is 3.15. The van der Waals surface area contributed by atoms with Gasteiger partial charge in [0.1, 0.15) is 17.3 Å². The lowest BCUT2D eigenvalue weighted by Crippen LogP contribution is -2.39. The summed E-state index contributed by atoms with van der Waals surface area (Å²) >= 11 is 1.40. The van der Waals surface area contributed by atoms with E-state index >= 15 is 0 Å². The van der Waals surface area contributed by atoms with Crippen molar-refractivity contribution in [3.8, 4) is 5.75 Å². The summed E-state index contributed by atoms with van der Waals surface area (Å²) in [5.74, 6) is 0.300. The number of fused-ring (bicyclic) bond motifs is 1. The lowest BCUT2D eigenvalue weighted by molar-refractivity contribution is -0.121. The van der Waals surface area contributed by atoms with Gasteiger partial charge in [0.05, 0.1) is 18.1 Å². The summed E-state index contributed by atoms with van der Waals surface area (Å²) in [5.41, 5.74) is 1.95.